The second kappa shape index (κ2) is 9.83. The molecule has 1 aromatic carbocycles. The Labute approximate surface area is 200 Å². The average molecular weight is 503 g/mol. The van der Waals surface area contributed by atoms with Gasteiger partial charge in [0, 0.05) is 6.07 Å². The van der Waals surface area contributed by atoms with Gasteiger partial charge in [-0.2, -0.15) is 4.98 Å². The van der Waals surface area contributed by atoms with Crippen LogP contribution in [-0.4, -0.2) is 46.8 Å². The van der Waals surface area contributed by atoms with E-state index in [2.05, 4.69) is 20.0 Å². The molecule has 1 unspecified atom stereocenters. The summed E-state index contributed by atoms with van der Waals surface area (Å²) >= 11 is 6.20. The number of rotatable bonds is 7. The van der Waals surface area contributed by atoms with Gasteiger partial charge in [0.05, 0.1) is 17.7 Å². The van der Waals surface area contributed by atoms with Crippen LogP contribution in [0.1, 0.15) is 46.2 Å². The number of cyclic esters (lactones) is 1. The van der Waals surface area contributed by atoms with Crippen molar-refractivity contribution in [2.45, 2.75) is 64.8 Å². The van der Waals surface area contributed by atoms with E-state index in [0.29, 0.717) is 5.56 Å². The molecule has 3 atom stereocenters. The van der Waals surface area contributed by atoms with Crippen molar-refractivity contribution in [3.05, 3.63) is 41.0 Å². The number of alkyl halides is 3. The van der Waals surface area contributed by atoms with Crippen LogP contribution in [-0.2, 0) is 9.47 Å². The first kappa shape index (κ1) is 25.8. The number of carbonyl (C=O) groups is 1. The van der Waals surface area contributed by atoms with E-state index in [1.54, 1.807) is 6.92 Å². The monoisotopic (exact) mass is 502 g/mol. The van der Waals surface area contributed by atoms with Crippen LogP contribution in [0.15, 0.2) is 30.3 Å². The van der Waals surface area contributed by atoms with Crippen LogP contribution in [0.3, 0.4) is 0 Å². The SMILES string of the molecule is C[C@H](Nc1nc(Cl)cc(N2C(=O)OCC2[C@@H](C)OC(C)(C)C)n1)c1ccc(OC(F)(F)F)cc1. The maximum absolute atomic E-state index is 12.5. The molecule has 1 fully saturated rings. The third-order valence-electron chi connectivity index (χ3n) is 4.87. The van der Waals surface area contributed by atoms with E-state index in [1.807, 2.05) is 27.7 Å². The van der Waals surface area contributed by atoms with Gasteiger partial charge in [-0.15, -0.1) is 13.2 Å². The summed E-state index contributed by atoms with van der Waals surface area (Å²) in [5, 5.41) is 3.14. The Morgan fingerprint density at radius 1 is 1.18 bits per heavy atom. The molecule has 1 saturated heterocycles. The maximum Gasteiger partial charge on any atom is 0.573 e. The van der Waals surface area contributed by atoms with Gasteiger partial charge in [0.25, 0.3) is 0 Å². The minimum atomic E-state index is -4.76. The van der Waals surface area contributed by atoms with Crippen molar-refractivity contribution >= 4 is 29.5 Å². The standard InChI is InChI=1S/C22H26ClF3N4O4/c1-12(14-6-8-15(9-7-14)34-22(24,25)26)27-19-28-17(23)10-18(29-19)30-16(11-32-20(30)31)13(2)33-21(3,4)5/h6-10,12-13,16H,11H2,1-5H3,(H,27,28,29)/t12-,13+,16?/m0/s1. The van der Waals surface area contributed by atoms with E-state index in [-0.39, 0.29) is 35.4 Å². The number of hydrogen-bond acceptors (Lipinski definition) is 7. The van der Waals surface area contributed by atoms with Crippen LogP contribution in [0.2, 0.25) is 5.15 Å². The summed E-state index contributed by atoms with van der Waals surface area (Å²) < 4.78 is 52.2. The largest absolute Gasteiger partial charge is 0.573 e. The van der Waals surface area contributed by atoms with Crippen LogP contribution in [0.4, 0.5) is 29.7 Å². The van der Waals surface area contributed by atoms with Gasteiger partial charge >= 0.3 is 12.5 Å². The van der Waals surface area contributed by atoms with Gasteiger partial charge in [-0.25, -0.2) is 9.78 Å². The van der Waals surface area contributed by atoms with Gasteiger partial charge in [-0.1, -0.05) is 23.7 Å². The summed E-state index contributed by atoms with van der Waals surface area (Å²) in [6.07, 6.45) is -5.70. The van der Waals surface area contributed by atoms with Crippen molar-refractivity contribution in [3.8, 4) is 5.75 Å². The highest BCUT2D eigenvalue weighted by Crippen LogP contribution is 2.30. The van der Waals surface area contributed by atoms with Crippen LogP contribution >= 0.6 is 11.6 Å². The third-order valence-corrected chi connectivity index (χ3v) is 5.07. The molecular weight excluding hydrogens is 477 g/mol. The summed E-state index contributed by atoms with van der Waals surface area (Å²) in [5.74, 6) is 0.0453. The molecule has 1 N–H and O–H groups in total. The fourth-order valence-electron chi connectivity index (χ4n) is 3.51. The van der Waals surface area contributed by atoms with Crippen LogP contribution in [0.25, 0.3) is 0 Å². The van der Waals surface area contributed by atoms with Gasteiger partial charge in [-0.05, 0) is 52.3 Å². The number of nitrogens with one attached hydrogen (secondary N) is 1. The molecule has 1 aliphatic heterocycles. The van der Waals surface area contributed by atoms with Gasteiger partial charge in [0.1, 0.15) is 29.4 Å². The smallest absolute Gasteiger partial charge is 0.447 e. The lowest BCUT2D eigenvalue weighted by atomic mass is 10.1. The first-order valence-corrected chi connectivity index (χ1v) is 10.9. The first-order chi connectivity index (χ1) is 15.7. The number of anilines is 2. The van der Waals surface area contributed by atoms with Gasteiger partial charge in [0.15, 0.2) is 0 Å². The molecule has 0 aliphatic carbocycles. The maximum atomic E-state index is 12.5. The number of hydrogen-bond donors (Lipinski definition) is 1. The molecule has 0 bridgehead atoms. The minimum Gasteiger partial charge on any atom is -0.447 e. The lowest BCUT2D eigenvalue weighted by Gasteiger charge is -2.31. The van der Waals surface area contributed by atoms with Crippen molar-refractivity contribution < 1.29 is 32.2 Å². The first-order valence-electron chi connectivity index (χ1n) is 10.5. The van der Waals surface area contributed by atoms with E-state index in [1.165, 1.54) is 35.2 Å². The molecule has 0 saturated carbocycles. The van der Waals surface area contributed by atoms with Crippen molar-refractivity contribution in [1.82, 2.24) is 9.97 Å². The molecule has 186 valence electrons. The molecule has 2 aromatic rings. The Morgan fingerprint density at radius 3 is 2.41 bits per heavy atom. The third kappa shape index (κ3) is 6.86. The predicted octanol–water partition coefficient (Wildman–Crippen LogP) is 5.73. The number of ether oxygens (including phenoxy) is 3. The van der Waals surface area contributed by atoms with E-state index < -0.39 is 30.1 Å². The molecule has 0 spiro atoms. The molecule has 34 heavy (non-hydrogen) atoms. The summed E-state index contributed by atoms with van der Waals surface area (Å²) in [6.45, 7) is 9.49. The van der Waals surface area contributed by atoms with E-state index >= 15 is 0 Å². The normalized spacial score (nSPS) is 18.4. The molecular formula is C22H26ClF3N4O4. The number of halogens is 4. The number of nitrogens with zero attached hydrogens (tertiary/aromatic N) is 3. The van der Waals surface area contributed by atoms with Crippen molar-refractivity contribution in [2.75, 3.05) is 16.8 Å². The molecule has 0 radical (unpaired) electrons. The number of carbonyl (C=O) groups excluding carboxylic acids is 1. The summed E-state index contributed by atoms with van der Waals surface area (Å²) in [6, 6.07) is 6.04. The fourth-order valence-corrected chi connectivity index (χ4v) is 3.69. The van der Waals surface area contributed by atoms with Crippen LogP contribution in [0, 0.1) is 0 Å². The molecule has 8 nitrogen and oxygen atoms in total. The Morgan fingerprint density at radius 2 is 1.82 bits per heavy atom. The van der Waals surface area contributed by atoms with E-state index in [0.717, 1.165) is 0 Å². The van der Waals surface area contributed by atoms with E-state index in [9.17, 15) is 18.0 Å². The molecule has 1 aromatic heterocycles. The quantitative estimate of drug-likeness (QED) is 0.484. The zero-order valence-electron chi connectivity index (χ0n) is 19.3. The molecule has 2 heterocycles. The zero-order chi connectivity index (χ0) is 25.3. The molecule has 3 rings (SSSR count). The summed E-state index contributed by atoms with van der Waals surface area (Å²) in [4.78, 5) is 22.4. The highest BCUT2D eigenvalue weighted by molar-refractivity contribution is 6.29. The Kier molecular flexibility index (Phi) is 7.47. The van der Waals surface area contributed by atoms with Crippen molar-refractivity contribution in [2.24, 2.45) is 0 Å². The fraction of sp³-hybridized carbons (Fsp3) is 0.500. The lowest BCUT2D eigenvalue weighted by molar-refractivity contribution is -0.274. The van der Waals surface area contributed by atoms with Crippen LogP contribution < -0.4 is 15.0 Å². The van der Waals surface area contributed by atoms with Gasteiger partial charge in [-0.3, -0.25) is 4.90 Å². The highest BCUT2D eigenvalue weighted by Gasteiger charge is 2.40. The topological polar surface area (TPSA) is 85.8 Å². The number of benzene rings is 1. The predicted molar refractivity (Wildman–Crippen MR) is 120 cm³/mol. The zero-order valence-corrected chi connectivity index (χ0v) is 20.1. The summed E-state index contributed by atoms with van der Waals surface area (Å²) in [7, 11) is 0. The van der Waals surface area contributed by atoms with Crippen LogP contribution in [0.5, 0.6) is 5.75 Å². The molecule has 1 amide bonds. The molecule has 12 heteroatoms. The Hall–Kier alpha value is -2.79. The second-order valence-corrected chi connectivity index (χ2v) is 9.19. The van der Waals surface area contributed by atoms with Gasteiger partial charge < -0.3 is 19.5 Å². The minimum absolute atomic E-state index is 0.0940. The Balaban J connectivity index is 1.78. The van der Waals surface area contributed by atoms with Crippen molar-refractivity contribution in [1.29, 1.82) is 0 Å². The highest BCUT2D eigenvalue weighted by atomic mass is 35.5. The van der Waals surface area contributed by atoms with E-state index in [4.69, 9.17) is 21.1 Å². The average Bonchev–Trinajstić information content (AvgIpc) is 3.07. The van der Waals surface area contributed by atoms with Gasteiger partial charge in [0.2, 0.25) is 5.95 Å². The lowest BCUT2D eigenvalue weighted by Crippen LogP contribution is -2.45. The summed E-state index contributed by atoms with van der Waals surface area (Å²) in [5.41, 5.74) is 0.230. The number of aromatic nitrogens is 2. The second-order valence-electron chi connectivity index (χ2n) is 8.80. The molecule has 1 aliphatic rings. The van der Waals surface area contributed by atoms with Crippen molar-refractivity contribution in [3.63, 3.8) is 0 Å². The Bertz CT molecular complexity index is 1010. The number of amides is 1.